The minimum atomic E-state index is 0.629. The maximum atomic E-state index is 7.72. The molecule has 0 atom stereocenters. The van der Waals surface area contributed by atoms with Crippen LogP contribution in [0.1, 0.15) is 0 Å². The van der Waals surface area contributed by atoms with Crippen molar-refractivity contribution in [3.8, 4) is 33.6 Å². The molecular formula is C43H27N3. The molecule has 0 radical (unpaired) electrons. The van der Waals surface area contributed by atoms with Gasteiger partial charge in [0, 0.05) is 32.8 Å². The maximum absolute atomic E-state index is 7.72. The van der Waals surface area contributed by atoms with Crippen molar-refractivity contribution in [1.29, 1.82) is 0 Å². The van der Waals surface area contributed by atoms with Crippen LogP contribution in [0, 0.1) is 6.57 Å². The Labute approximate surface area is 266 Å². The van der Waals surface area contributed by atoms with Gasteiger partial charge in [-0.25, -0.2) is 4.85 Å². The van der Waals surface area contributed by atoms with E-state index in [1.165, 1.54) is 32.6 Å². The zero-order valence-corrected chi connectivity index (χ0v) is 24.9. The van der Waals surface area contributed by atoms with Gasteiger partial charge >= 0.3 is 0 Å². The second-order valence-corrected chi connectivity index (χ2v) is 11.7. The van der Waals surface area contributed by atoms with E-state index >= 15 is 0 Å². The summed E-state index contributed by atoms with van der Waals surface area (Å²) in [6, 6.07) is 58.0. The molecule has 3 heteroatoms. The highest BCUT2D eigenvalue weighted by atomic mass is 15.0. The molecular weight excluding hydrogens is 558 g/mol. The summed E-state index contributed by atoms with van der Waals surface area (Å²) >= 11 is 0. The lowest BCUT2D eigenvalue weighted by Gasteiger charge is -2.19. The molecule has 0 unspecified atom stereocenters. The first kappa shape index (κ1) is 26.1. The summed E-state index contributed by atoms with van der Waals surface area (Å²) in [6.45, 7) is 7.72. The quantitative estimate of drug-likeness (QED) is 0.182. The maximum Gasteiger partial charge on any atom is 0.187 e. The fourth-order valence-electron chi connectivity index (χ4n) is 7.20. The molecule has 46 heavy (non-hydrogen) atoms. The van der Waals surface area contributed by atoms with E-state index in [4.69, 9.17) is 6.57 Å². The highest BCUT2D eigenvalue weighted by molar-refractivity contribution is 6.11. The number of nitrogens with zero attached hydrogens (tertiary/aromatic N) is 3. The SMILES string of the molecule is [C-]#[N+]c1cccc(-c2cccc(-n3c4ccccc4c4ccccc43)c2-c2cccc(-n3c4ccccc4c4ccccc43)c2)c1. The van der Waals surface area contributed by atoms with Crippen molar-refractivity contribution in [1.82, 2.24) is 9.13 Å². The van der Waals surface area contributed by atoms with Crippen molar-refractivity contribution in [3.05, 3.63) is 175 Å². The van der Waals surface area contributed by atoms with Gasteiger partial charge in [0.1, 0.15) is 0 Å². The average Bonchev–Trinajstić information content (AvgIpc) is 3.64. The Kier molecular flexibility index (Phi) is 5.88. The van der Waals surface area contributed by atoms with Gasteiger partial charge in [0.25, 0.3) is 0 Å². The molecule has 9 rings (SSSR count). The normalized spacial score (nSPS) is 11.5. The van der Waals surface area contributed by atoms with Crippen LogP contribution >= 0.6 is 0 Å². The van der Waals surface area contributed by atoms with Crippen LogP contribution in [-0.2, 0) is 0 Å². The molecule has 0 spiro atoms. The van der Waals surface area contributed by atoms with E-state index in [1.54, 1.807) is 0 Å². The molecule has 2 aromatic heterocycles. The van der Waals surface area contributed by atoms with Crippen molar-refractivity contribution in [2.75, 3.05) is 0 Å². The Hall–Kier alpha value is -6.37. The summed E-state index contributed by atoms with van der Waals surface area (Å²) < 4.78 is 4.77. The third kappa shape index (κ3) is 3.91. The van der Waals surface area contributed by atoms with Gasteiger partial charge in [-0.3, -0.25) is 0 Å². The molecule has 0 aliphatic carbocycles. The Morgan fingerprint density at radius 3 is 1.50 bits per heavy atom. The zero-order valence-electron chi connectivity index (χ0n) is 24.9. The molecule has 3 nitrogen and oxygen atoms in total. The molecule has 0 aliphatic rings. The van der Waals surface area contributed by atoms with Crippen molar-refractivity contribution in [3.63, 3.8) is 0 Å². The third-order valence-corrected chi connectivity index (χ3v) is 9.12. The smallest absolute Gasteiger partial charge is 0.187 e. The van der Waals surface area contributed by atoms with Crippen LogP contribution in [0.15, 0.2) is 164 Å². The van der Waals surface area contributed by atoms with Gasteiger partial charge in [0.05, 0.1) is 34.3 Å². The van der Waals surface area contributed by atoms with Crippen LogP contribution < -0.4 is 0 Å². The van der Waals surface area contributed by atoms with Crippen molar-refractivity contribution in [2.24, 2.45) is 0 Å². The predicted molar refractivity (Wildman–Crippen MR) is 192 cm³/mol. The number of hydrogen-bond acceptors (Lipinski definition) is 0. The van der Waals surface area contributed by atoms with Crippen LogP contribution in [0.4, 0.5) is 5.69 Å². The molecule has 0 aliphatic heterocycles. The average molecular weight is 586 g/mol. The van der Waals surface area contributed by atoms with Crippen LogP contribution in [0.2, 0.25) is 0 Å². The fourth-order valence-corrected chi connectivity index (χ4v) is 7.20. The van der Waals surface area contributed by atoms with Gasteiger partial charge in [0.2, 0.25) is 0 Å². The van der Waals surface area contributed by atoms with Crippen molar-refractivity contribution in [2.45, 2.75) is 0 Å². The van der Waals surface area contributed by atoms with Gasteiger partial charge < -0.3 is 9.13 Å². The second-order valence-electron chi connectivity index (χ2n) is 11.7. The number of para-hydroxylation sites is 4. The summed E-state index contributed by atoms with van der Waals surface area (Å²) in [5, 5.41) is 4.93. The van der Waals surface area contributed by atoms with E-state index in [2.05, 4.69) is 160 Å². The molecule has 7 aromatic carbocycles. The van der Waals surface area contributed by atoms with E-state index in [9.17, 15) is 0 Å². The lowest BCUT2D eigenvalue weighted by Crippen LogP contribution is -2.00. The summed E-state index contributed by atoms with van der Waals surface area (Å²) in [6.07, 6.45) is 0. The van der Waals surface area contributed by atoms with E-state index in [0.717, 1.165) is 44.7 Å². The Bertz CT molecular complexity index is 2560. The van der Waals surface area contributed by atoms with Gasteiger partial charge in [-0.2, -0.15) is 0 Å². The van der Waals surface area contributed by atoms with Gasteiger partial charge in [-0.05, 0) is 65.2 Å². The molecule has 0 amide bonds. The lowest BCUT2D eigenvalue weighted by atomic mass is 9.92. The number of benzene rings is 7. The number of aromatic nitrogens is 2. The fraction of sp³-hybridized carbons (Fsp3) is 0. The van der Waals surface area contributed by atoms with Crippen LogP contribution in [-0.4, -0.2) is 9.13 Å². The highest BCUT2D eigenvalue weighted by Gasteiger charge is 2.20. The molecule has 0 saturated carbocycles. The molecule has 0 saturated heterocycles. The van der Waals surface area contributed by atoms with Crippen molar-refractivity contribution >= 4 is 49.3 Å². The Morgan fingerprint density at radius 1 is 0.413 bits per heavy atom. The van der Waals surface area contributed by atoms with E-state index < -0.39 is 0 Å². The summed E-state index contributed by atoms with van der Waals surface area (Å²) in [5.41, 5.74) is 11.9. The topological polar surface area (TPSA) is 14.2 Å². The minimum Gasteiger partial charge on any atom is -0.309 e. The van der Waals surface area contributed by atoms with Crippen LogP contribution in [0.5, 0.6) is 0 Å². The largest absolute Gasteiger partial charge is 0.309 e. The predicted octanol–water partition coefficient (Wildman–Crippen LogP) is 11.8. The molecule has 9 aromatic rings. The zero-order chi connectivity index (χ0) is 30.6. The first-order valence-corrected chi connectivity index (χ1v) is 15.5. The molecule has 2 heterocycles. The van der Waals surface area contributed by atoms with Crippen LogP contribution in [0.25, 0.3) is 82.1 Å². The number of rotatable bonds is 4. The van der Waals surface area contributed by atoms with Crippen LogP contribution in [0.3, 0.4) is 0 Å². The Morgan fingerprint density at radius 2 is 0.913 bits per heavy atom. The number of hydrogen-bond donors (Lipinski definition) is 0. The molecule has 0 fully saturated rings. The van der Waals surface area contributed by atoms with Gasteiger partial charge in [0.15, 0.2) is 5.69 Å². The first-order valence-electron chi connectivity index (χ1n) is 15.5. The Balaban J connectivity index is 1.38. The van der Waals surface area contributed by atoms with Gasteiger partial charge in [-0.15, -0.1) is 0 Å². The minimum absolute atomic E-state index is 0.629. The first-order chi connectivity index (χ1) is 22.8. The number of fused-ring (bicyclic) bond motifs is 6. The standard InChI is InChI=1S/C43H27N3/c1-44-31-15-10-13-29(27-31)33-21-12-26-42(46-40-24-8-4-19-36(40)37-20-5-9-25-41(37)46)43(33)30-14-11-16-32(28-30)45-38-22-6-2-17-34(38)35-18-3-7-23-39(35)45/h2-28H. The summed E-state index contributed by atoms with van der Waals surface area (Å²) in [4.78, 5) is 3.76. The highest BCUT2D eigenvalue weighted by Crippen LogP contribution is 2.42. The molecule has 0 bridgehead atoms. The summed E-state index contributed by atoms with van der Waals surface area (Å²) in [7, 11) is 0. The molecule has 0 N–H and O–H groups in total. The third-order valence-electron chi connectivity index (χ3n) is 9.12. The van der Waals surface area contributed by atoms with Crippen molar-refractivity contribution < 1.29 is 0 Å². The second kappa shape index (κ2) is 10.4. The van der Waals surface area contributed by atoms with E-state index in [-0.39, 0.29) is 0 Å². The molecule has 214 valence electrons. The monoisotopic (exact) mass is 585 g/mol. The summed E-state index contributed by atoms with van der Waals surface area (Å²) in [5.74, 6) is 0. The lowest BCUT2D eigenvalue weighted by molar-refractivity contribution is 1.17. The van der Waals surface area contributed by atoms with Gasteiger partial charge in [-0.1, -0.05) is 115 Å². The van der Waals surface area contributed by atoms with E-state index in [0.29, 0.717) is 5.69 Å². The van der Waals surface area contributed by atoms with E-state index in [1.807, 2.05) is 18.2 Å².